The maximum absolute atomic E-state index is 12.3. The zero-order valence-corrected chi connectivity index (χ0v) is 26.3. The largest absolute Gasteiger partial charge is 0.497 e. The SMILES string of the molecule is C#CC1(O)c2cc(C)ccc2-c2c1c1c(c3cc(C)ccc23)OC(c2ccc(OC)cc2)(c2ccc(N3CCOCC3)cc2)C=C1. The van der Waals surface area contributed by atoms with E-state index in [1.54, 1.807) is 7.11 Å². The highest BCUT2D eigenvalue weighted by atomic mass is 16.5. The van der Waals surface area contributed by atoms with E-state index < -0.39 is 11.2 Å². The molecule has 3 aliphatic rings. The summed E-state index contributed by atoms with van der Waals surface area (Å²) >= 11 is 0. The second-order valence-electron chi connectivity index (χ2n) is 12.5. The average Bonchev–Trinajstić information content (AvgIpc) is 3.36. The van der Waals surface area contributed by atoms with Crippen molar-refractivity contribution in [3.63, 3.8) is 0 Å². The minimum absolute atomic E-state index is 0.698. The van der Waals surface area contributed by atoms with Crippen LogP contribution in [-0.4, -0.2) is 38.5 Å². The summed E-state index contributed by atoms with van der Waals surface area (Å²) in [6.45, 7) is 7.29. The Morgan fingerprint density at radius 1 is 0.848 bits per heavy atom. The van der Waals surface area contributed by atoms with Crippen molar-refractivity contribution in [3.8, 4) is 35.0 Å². The van der Waals surface area contributed by atoms with E-state index in [4.69, 9.17) is 20.6 Å². The normalized spacial score (nSPS) is 21.2. The monoisotopic (exact) mass is 605 g/mol. The highest BCUT2D eigenvalue weighted by Crippen LogP contribution is 2.57. The molecule has 8 rings (SSSR count). The molecule has 1 saturated heterocycles. The van der Waals surface area contributed by atoms with Crippen LogP contribution in [0.2, 0.25) is 0 Å². The summed E-state index contributed by atoms with van der Waals surface area (Å²) in [4.78, 5) is 2.35. The van der Waals surface area contributed by atoms with E-state index in [-0.39, 0.29) is 0 Å². The van der Waals surface area contributed by atoms with Crippen molar-refractivity contribution in [3.05, 3.63) is 130 Å². The summed E-state index contributed by atoms with van der Waals surface area (Å²) in [6.07, 6.45) is 10.4. The van der Waals surface area contributed by atoms with Crippen molar-refractivity contribution < 1.29 is 19.3 Å². The van der Waals surface area contributed by atoms with Gasteiger partial charge in [0.2, 0.25) is 0 Å². The molecule has 46 heavy (non-hydrogen) atoms. The molecule has 5 aromatic carbocycles. The lowest BCUT2D eigenvalue weighted by atomic mass is 9.80. The molecule has 0 spiro atoms. The Morgan fingerprint density at radius 3 is 2.22 bits per heavy atom. The highest BCUT2D eigenvalue weighted by Gasteiger charge is 2.47. The molecule has 5 aromatic rings. The van der Waals surface area contributed by atoms with Gasteiger partial charge in [0.15, 0.2) is 11.2 Å². The fourth-order valence-electron chi connectivity index (χ4n) is 7.43. The molecule has 0 saturated carbocycles. The zero-order chi connectivity index (χ0) is 31.6. The maximum atomic E-state index is 12.3. The molecule has 1 N–H and O–H groups in total. The number of fused-ring (bicyclic) bond motifs is 8. The van der Waals surface area contributed by atoms with Crippen molar-refractivity contribution in [2.45, 2.75) is 25.0 Å². The molecule has 228 valence electrons. The molecule has 0 aromatic heterocycles. The molecule has 0 amide bonds. The molecule has 5 nitrogen and oxygen atoms in total. The van der Waals surface area contributed by atoms with Gasteiger partial charge in [0, 0.05) is 52.0 Å². The maximum Gasteiger partial charge on any atom is 0.178 e. The number of anilines is 1. The number of ether oxygens (including phenoxy) is 3. The number of hydrogen-bond donors (Lipinski definition) is 1. The Labute approximate surface area is 269 Å². The van der Waals surface area contributed by atoms with E-state index in [1.165, 1.54) is 0 Å². The number of aryl methyl sites for hydroxylation is 2. The molecule has 2 aliphatic heterocycles. The third-order valence-electron chi connectivity index (χ3n) is 9.80. The Morgan fingerprint density at radius 2 is 1.52 bits per heavy atom. The van der Waals surface area contributed by atoms with Gasteiger partial charge < -0.3 is 24.2 Å². The van der Waals surface area contributed by atoms with E-state index in [9.17, 15) is 5.11 Å². The third kappa shape index (κ3) is 4.11. The summed E-state index contributed by atoms with van der Waals surface area (Å²) < 4.78 is 18.5. The first-order valence-electron chi connectivity index (χ1n) is 15.7. The van der Waals surface area contributed by atoms with Crippen LogP contribution in [-0.2, 0) is 15.9 Å². The second-order valence-corrected chi connectivity index (χ2v) is 12.5. The fraction of sp³-hybridized carbons (Fsp3) is 0.220. The topological polar surface area (TPSA) is 51.2 Å². The summed E-state index contributed by atoms with van der Waals surface area (Å²) in [5, 5.41) is 14.3. The van der Waals surface area contributed by atoms with Crippen molar-refractivity contribution >= 4 is 22.5 Å². The van der Waals surface area contributed by atoms with Crippen molar-refractivity contribution in [2.75, 3.05) is 38.3 Å². The van der Waals surface area contributed by atoms with E-state index >= 15 is 0 Å². The van der Waals surface area contributed by atoms with Crippen LogP contribution in [0.25, 0.3) is 28.0 Å². The van der Waals surface area contributed by atoms with Gasteiger partial charge in [-0.05, 0) is 66.8 Å². The van der Waals surface area contributed by atoms with Crippen LogP contribution in [0.15, 0.2) is 91.0 Å². The van der Waals surface area contributed by atoms with Gasteiger partial charge in [0.1, 0.15) is 11.5 Å². The lowest BCUT2D eigenvalue weighted by Gasteiger charge is -2.38. The number of benzene rings is 5. The van der Waals surface area contributed by atoms with E-state index in [0.29, 0.717) is 11.3 Å². The first-order chi connectivity index (χ1) is 22.4. The molecule has 0 radical (unpaired) electrons. The number of nitrogens with zero attached hydrogens (tertiary/aromatic N) is 1. The van der Waals surface area contributed by atoms with E-state index in [0.717, 1.165) is 93.0 Å². The third-order valence-corrected chi connectivity index (χ3v) is 9.80. The minimum atomic E-state index is -1.60. The van der Waals surface area contributed by atoms with Gasteiger partial charge >= 0.3 is 0 Å². The van der Waals surface area contributed by atoms with Crippen LogP contribution in [0.5, 0.6) is 11.5 Å². The molecule has 2 unspecified atom stereocenters. The lowest BCUT2D eigenvalue weighted by Crippen LogP contribution is -2.37. The van der Waals surface area contributed by atoms with Crippen molar-refractivity contribution in [1.29, 1.82) is 0 Å². The predicted octanol–water partition coefficient (Wildman–Crippen LogP) is 7.50. The summed E-state index contributed by atoms with van der Waals surface area (Å²) in [5.74, 6) is 4.25. The minimum Gasteiger partial charge on any atom is -0.497 e. The van der Waals surface area contributed by atoms with Crippen LogP contribution >= 0.6 is 0 Å². The van der Waals surface area contributed by atoms with Gasteiger partial charge in [-0.25, -0.2) is 0 Å². The first kappa shape index (κ1) is 28.5. The number of terminal acetylenes is 1. The molecular weight excluding hydrogens is 570 g/mol. The number of morpholine rings is 1. The Balaban J connectivity index is 1.38. The zero-order valence-electron chi connectivity index (χ0n) is 26.3. The standard InChI is InChI=1S/C41H35NO4/c1-5-40(43)36-25-27(3)7-17-33(36)37-32-16-6-26(2)24-35(32)39-34(38(37)40)18-19-41(46-39,29-10-14-31(44-4)15-11-29)28-8-12-30(13-9-28)42-20-22-45-23-21-42/h1,6-19,24-25,43H,20-23H2,2-4H3. The fourth-order valence-corrected chi connectivity index (χ4v) is 7.43. The molecule has 1 aliphatic carbocycles. The van der Waals surface area contributed by atoms with Gasteiger partial charge in [-0.15, -0.1) is 6.42 Å². The summed E-state index contributed by atoms with van der Waals surface area (Å²) in [7, 11) is 1.67. The average molecular weight is 606 g/mol. The number of aliphatic hydroxyl groups is 1. The molecular formula is C41H35NO4. The summed E-state index contributed by atoms with van der Waals surface area (Å²) in [6, 6.07) is 29.3. The van der Waals surface area contributed by atoms with Crippen LogP contribution in [0.4, 0.5) is 5.69 Å². The smallest absolute Gasteiger partial charge is 0.178 e. The highest BCUT2D eigenvalue weighted by molar-refractivity contribution is 6.09. The molecule has 2 atom stereocenters. The van der Waals surface area contributed by atoms with Crippen LogP contribution in [0, 0.1) is 26.2 Å². The predicted molar refractivity (Wildman–Crippen MR) is 184 cm³/mol. The Bertz CT molecular complexity index is 2080. The molecule has 5 heteroatoms. The van der Waals surface area contributed by atoms with Gasteiger partial charge in [0.25, 0.3) is 0 Å². The van der Waals surface area contributed by atoms with Gasteiger partial charge in [-0.1, -0.05) is 77.7 Å². The number of methoxy groups -OCH3 is 1. The van der Waals surface area contributed by atoms with Gasteiger partial charge in [0.05, 0.1) is 20.3 Å². The van der Waals surface area contributed by atoms with Crippen LogP contribution in [0.3, 0.4) is 0 Å². The number of rotatable bonds is 4. The quantitative estimate of drug-likeness (QED) is 0.215. The van der Waals surface area contributed by atoms with Crippen LogP contribution < -0.4 is 14.4 Å². The first-order valence-corrected chi connectivity index (χ1v) is 15.7. The van der Waals surface area contributed by atoms with E-state index in [2.05, 4.69) is 96.6 Å². The number of hydrogen-bond acceptors (Lipinski definition) is 5. The molecule has 2 heterocycles. The second kappa shape index (κ2) is 10.5. The molecule has 1 fully saturated rings. The molecule has 0 bridgehead atoms. The lowest BCUT2D eigenvalue weighted by molar-refractivity contribution is 0.122. The van der Waals surface area contributed by atoms with Gasteiger partial charge in [-0.2, -0.15) is 0 Å². The Kier molecular flexibility index (Phi) is 6.51. The van der Waals surface area contributed by atoms with Crippen LogP contribution in [0.1, 0.15) is 38.9 Å². The van der Waals surface area contributed by atoms with Crippen molar-refractivity contribution in [2.24, 2.45) is 0 Å². The van der Waals surface area contributed by atoms with E-state index in [1.807, 2.05) is 25.1 Å². The Hall–Kier alpha value is -5.02. The van der Waals surface area contributed by atoms with Crippen molar-refractivity contribution in [1.82, 2.24) is 0 Å². The summed E-state index contributed by atoms with van der Waals surface area (Å²) in [5.41, 5.74) is 6.86. The van der Waals surface area contributed by atoms with Gasteiger partial charge in [-0.3, -0.25) is 0 Å².